The Morgan fingerprint density at radius 2 is 2.09 bits per heavy atom. The molecular formula is C27H28N2O4. The van der Waals surface area contributed by atoms with Crippen molar-refractivity contribution in [2.24, 2.45) is 0 Å². The van der Waals surface area contributed by atoms with Gasteiger partial charge in [-0.15, -0.1) is 0 Å². The molecule has 1 aliphatic heterocycles. The lowest BCUT2D eigenvalue weighted by atomic mass is 9.98. The fourth-order valence-electron chi connectivity index (χ4n) is 3.67. The average molecular weight is 445 g/mol. The minimum Gasteiger partial charge on any atom is -0.496 e. The van der Waals surface area contributed by atoms with E-state index in [2.05, 4.69) is 48.4 Å². The molecule has 1 aliphatic carbocycles. The summed E-state index contributed by atoms with van der Waals surface area (Å²) in [4.78, 5) is 17.2. The highest BCUT2D eigenvalue weighted by Gasteiger charge is 2.17. The number of methoxy groups -OCH3 is 1. The highest BCUT2D eigenvalue weighted by Crippen LogP contribution is 2.32. The Balaban J connectivity index is 1.42. The topological polar surface area (TPSA) is 69.7 Å². The second-order valence-corrected chi connectivity index (χ2v) is 8.27. The van der Waals surface area contributed by atoms with Crippen molar-refractivity contribution in [3.8, 4) is 17.0 Å². The lowest BCUT2D eigenvalue weighted by molar-refractivity contribution is 0.0922. The number of hydrogen-bond donors (Lipinski definition) is 1. The van der Waals surface area contributed by atoms with Crippen LogP contribution in [0.5, 0.6) is 5.75 Å². The maximum Gasteiger partial charge on any atom is 0.259 e. The molecule has 0 spiro atoms. The maximum atomic E-state index is 12.7. The summed E-state index contributed by atoms with van der Waals surface area (Å²) in [7, 11) is 1.64. The fourth-order valence-corrected chi connectivity index (χ4v) is 3.67. The Kier molecular flexibility index (Phi) is 6.93. The van der Waals surface area contributed by atoms with E-state index in [0.29, 0.717) is 23.7 Å². The second kappa shape index (κ2) is 10.2. The molecule has 0 bridgehead atoms. The monoisotopic (exact) mass is 444 g/mol. The first-order valence-electron chi connectivity index (χ1n) is 11.1. The van der Waals surface area contributed by atoms with Gasteiger partial charge in [0, 0.05) is 18.2 Å². The van der Waals surface area contributed by atoms with Crippen LogP contribution in [0.3, 0.4) is 0 Å². The minimum atomic E-state index is -0.326. The SMILES string of the molecule is COc1ccc(C(C)C)cc1-c1ccc(C(=O)NC2=COC=C(CC3=CC=CCC3)O2)cn1. The Hall–Kier alpha value is -3.80. The number of aromatic nitrogens is 1. The predicted molar refractivity (Wildman–Crippen MR) is 127 cm³/mol. The molecule has 170 valence electrons. The molecule has 6 nitrogen and oxygen atoms in total. The molecular weight excluding hydrogens is 416 g/mol. The second-order valence-electron chi connectivity index (χ2n) is 8.27. The lowest BCUT2D eigenvalue weighted by Crippen LogP contribution is -2.25. The molecule has 1 aromatic carbocycles. The summed E-state index contributed by atoms with van der Waals surface area (Å²) < 4.78 is 16.7. The minimum absolute atomic E-state index is 0.250. The van der Waals surface area contributed by atoms with Crippen LogP contribution in [-0.4, -0.2) is 18.0 Å². The number of allylic oxidation sites excluding steroid dienone is 4. The molecule has 6 heteroatoms. The van der Waals surface area contributed by atoms with Gasteiger partial charge >= 0.3 is 0 Å². The highest BCUT2D eigenvalue weighted by atomic mass is 16.6. The first kappa shape index (κ1) is 22.4. The Labute approximate surface area is 194 Å². The molecule has 2 aromatic rings. The molecule has 0 unspecified atom stereocenters. The van der Waals surface area contributed by atoms with Crippen LogP contribution >= 0.6 is 0 Å². The summed E-state index contributed by atoms with van der Waals surface area (Å²) >= 11 is 0. The van der Waals surface area contributed by atoms with Crippen molar-refractivity contribution in [3.63, 3.8) is 0 Å². The third kappa shape index (κ3) is 5.52. The average Bonchev–Trinajstić information content (AvgIpc) is 2.84. The van der Waals surface area contributed by atoms with E-state index in [-0.39, 0.29) is 11.8 Å². The molecule has 1 N–H and O–H groups in total. The summed E-state index contributed by atoms with van der Waals surface area (Å²) in [5.74, 6) is 1.70. The Bertz CT molecular complexity index is 1140. The van der Waals surface area contributed by atoms with Gasteiger partial charge in [0.25, 0.3) is 5.91 Å². The Morgan fingerprint density at radius 1 is 1.21 bits per heavy atom. The van der Waals surface area contributed by atoms with Gasteiger partial charge in [-0.05, 0) is 48.6 Å². The summed E-state index contributed by atoms with van der Waals surface area (Å²) in [6.07, 6.45) is 13.4. The van der Waals surface area contributed by atoms with Crippen LogP contribution in [-0.2, 0) is 9.47 Å². The number of rotatable bonds is 7. The maximum absolute atomic E-state index is 12.7. The van der Waals surface area contributed by atoms with Crippen molar-refractivity contribution in [1.82, 2.24) is 10.3 Å². The number of nitrogens with one attached hydrogen (secondary N) is 1. The van der Waals surface area contributed by atoms with Crippen molar-refractivity contribution in [2.45, 2.75) is 39.0 Å². The van der Waals surface area contributed by atoms with Crippen LogP contribution in [0, 0.1) is 0 Å². The molecule has 0 saturated heterocycles. The smallest absolute Gasteiger partial charge is 0.259 e. The van der Waals surface area contributed by atoms with Crippen molar-refractivity contribution < 1.29 is 19.0 Å². The predicted octanol–water partition coefficient (Wildman–Crippen LogP) is 5.96. The standard InChI is InChI=1S/C27H28N2O4/c1-18(2)20-10-12-25(31-3)23(14-20)24-11-9-21(15-28-24)27(30)29-26-17-32-16-22(33-26)13-19-7-5-4-6-8-19/h4-5,7,9-12,14-18H,6,8,13H2,1-3H3,(H,29,30). The van der Waals surface area contributed by atoms with Crippen LogP contribution in [0.15, 0.2) is 84.5 Å². The van der Waals surface area contributed by atoms with Gasteiger partial charge in [0.05, 0.1) is 18.4 Å². The largest absolute Gasteiger partial charge is 0.496 e. The number of carbonyl (C=O) groups excluding carboxylic acids is 1. The van der Waals surface area contributed by atoms with Gasteiger partial charge in [-0.1, -0.05) is 43.7 Å². The van der Waals surface area contributed by atoms with E-state index in [1.54, 1.807) is 25.6 Å². The van der Waals surface area contributed by atoms with Crippen LogP contribution in [0.2, 0.25) is 0 Å². The zero-order valence-corrected chi connectivity index (χ0v) is 19.1. The first-order valence-corrected chi connectivity index (χ1v) is 11.1. The molecule has 0 atom stereocenters. The van der Waals surface area contributed by atoms with Gasteiger partial charge in [-0.25, -0.2) is 0 Å². The number of nitrogens with zero attached hydrogens (tertiary/aromatic N) is 1. The highest BCUT2D eigenvalue weighted by molar-refractivity contribution is 5.95. The first-order chi connectivity index (χ1) is 16.0. The van der Waals surface area contributed by atoms with E-state index in [4.69, 9.17) is 14.2 Å². The molecule has 2 aliphatic rings. The van der Waals surface area contributed by atoms with E-state index in [9.17, 15) is 4.79 Å². The number of benzene rings is 1. The third-order valence-electron chi connectivity index (χ3n) is 5.55. The number of amides is 1. The van der Waals surface area contributed by atoms with Gasteiger partial charge in [-0.3, -0.25) is 15.1 Å². The molecule has 1 amide bonds. The van der Waals surface area contributed by atoms with Crippen molar-refractivity contribution in [1.29, 1.82) is 0 Å². The van der Waals surface area contributed by atoms with E-state index >= 15 is 0 Å². The van der Waals surface area contributed by atoms with Crippen LogP contribution in [0.4, 0.5) is 0 Å². The van der Waals surface area contributed by atoms with Crippen molar-refractivity contribution >= 4 is 5.91 Å². The number of ether oxygens (including phenoxy) is 3. The van der Waals surface area contributed by atoms with Crippen molar-refractivity contribution in [3.05, 3.63) is 95.6 Å². The van der Waals surface area contributed by atoms with E-state index in [1.165, 1.54) is 17.4 Å². The van der Waals surface area contributed by atoms with E-state index in [0.717, 1.165) is 29.8 Å². The lowest BCUT2D eigenvalue weighted by Gasteiger charge is -2.18. The van der Waals surface area contributed by atoms with Crippen LogP contribution in [0.25, 0.3) is 11.3 Å². The summed E-state index contributed by atoms with van der Waals surface area (Å²) in [6, 6.07) is 9.63. The molecule has 0 fully saturated rings. The number of pyridine rings is 1. The molecule has 2 heterocycles. The summed E-state index contributed by atoms with van der Waals surface area (Å²) in [5.41, 5.74) is 4.50. The molecule has 0 saturated carbocycles. The number of hydrogen-bond acceptors (Lipinski definition) is 5. The third-order valence-corrected chi connectivity index (χ3v) is 5.55. The summed E-state index contributed by atoms with van der Waals surface area (Å²) in [5, 5.41) is 2.74. The van der Waals surface area contributed by atoms with Gasteiger partial charge in [-0.2, -0.15) is 0 Å². The zero-order chi connectivity index (χ0) is 23.2. The Morgan fingerprint density at radius 3 is 2.79 bits per heavy atom. The van der Waals surface area contributed by atoms with Gasteiger partial charge in [0.2, 0.25) is 5.88 Å². The molecule has 4 rings (SSSR count). The van der Waals surface area contributed by atoms with Crippen LogP contribution in [0.1, 0.15) is 54.9 Å². The fraction of sp³-hybridized carbons (Fsp3) is 0.259. The van der Waals surface area contributed by atoms with E-state index < -0.39 is 0 Å². The summed E-state index contributed by atoms with van der Waals surface area (Å²) in [6.45, 7) is 4.28. The van der Waals surface area contributed by atoms with E-state index in [1.807, 2.05) is 18.2 Å². The van der Waals surface area contributed by atoms with Crippen LogP contribution < -0.4 is 10.1 Å². The molecule has 0 radical (unpaired) electrons. The normalized spacial score (nSPS) is 15.1. The van der Waals surface area contributed by atoms with Gasteiger partial charge < -0.3 is 14.2 Å². The zero-order valence-electron chi connectivity index (χ0n) is 19.1. The molecule has 1 aromatic heterocycles. The van der Waals surface area contributed by atoms with Gasteiger partial charge in [0.15, 0.2) is 6.26 Å². The van der Waals surface area contributed by atoms with Crippen molar-refractivity contribution in [2.75, 3.05) is 7.11 Å². The van der Waals surface area contributed by atoms with Gasteiger partial charge in [0.1, 0.15) is 17.8 Å². The quantitative estimate of drug-likeness (QED) is 0.570. The number of carbonyl (C=O) groups is 1. The molecule has 33 heavy (non-hydrogen) atoms.